The molecule has 1 aliphatic rings. The maximum Gasteiger partial charge on any atom is 0.303 e. The Labute approximate surface area is 74.0 Å². The minimum Gasteiger partial charge on any atom is -0.481 e. The van der Waals surface area contributed by atoms with E-state index in [1.54, 1.807) is 0 Å². The standard InChI is InChI=1S/C10H18O2/c1-8-3-2-4-9(6-5-8)7-10(11)12/h8-9H,2-7H2,1H3,(H,11,12)/t8-,9?/m1/s1. The molecule has 0 amide bonds. The fraction of sp³-hybridized carbons (Fsp3) is 0.900. The van der Waals surface area contributed by atoms with Gasteiger partial charge in [0.1, 0.15) is 0 Å². The van der Waals surface area contributed by atoms with Crippen LogP contribution in [0.3, 0.4) is 0 Å². The van der Waals surface area contributed by atoms with Crippen LogP contribution >= 0.6 is 0 Å². The van der Waals surface area contributed by atoms with Crippen molar-refractivity contribution in [2.75, 3.05) is 0 Å². The van der Waals surface area contributed by atoms with E-state index in [1.165, 1.54) is 19.3 Å². The Morgan fingerprint density at radius 1 is 1.33 bits per heavy atom. The molecule has 0 aromatic heterocycles. The van der Waals surface area contributed by atoms with Crippen LogP contribution in [0.25, 0.3) is 0 Å². The highest BCUT2D eigenvalue weighted by molar-refractivity contribution is 5.66. The van der Waals surface area contributed by atoms with E-state index in [2.05, 4.69) is 6.92 Å². The second kappa shape index (κ2) is 4.48. The first-order valence-electron chi connectivity index (χ1n) is 4.90. The fourth-order valence-corrected chi connectivity index (χ4v) is 2.01. The highest BCUT2D eigenvalue weighted by Crippen LogP contribution is 2.28. The summed E-state index contributed by atoms with van der Waals surface area (Å²) in [5.41, 5.74) is 0. The molecule has 0 heterocycles. The van der Waals surface area contributed by atoms with Crippen LogP contribution in [0.1, 0.15) is 45.4 Å². The van der Waals surface area contributed by atoms with E-state index >= 15 is 0 Å². The van der Waals surface area contributed by atoms with Crippen LogP contribution in [0.2, 0.25) is 0 Å². The first kappa shape index (κ1) is 9.56. The maximum absolute atomic E-state index is 10.5. The number of carboxylic acid groups (broad SMARTS) is 1. The Morgan fingerprint density at radius 2 is 2.08 bits per heavy atom. The molecule has 1 N–H and O–H groups in total. The zero-order valence-corrected chi connectivity index (χ0v) is 7.75. The zero-order chi connectivity index (χ0) is 8.97. The molecule has 1 unspecified atom stereocenters. The summed E-state index contributed by atoms with van der Waals surface area (Å²) in [6, 6.07) is 0. The second-order valence-electron chi connectivity index (χ2n) is 4.08. The van der Waals surface area contributed by atoms with Crippen LogP contribution in [-0.4, -0.2) is 11.1 Å². The van der Waals surface area contributed by atoms with Gasteiger partial charge in [0.15, 0.2) is 0 Å². The Hall–Kier alpha value is -0.530. The van der Waals surface area contributed by atoms with E-state index in [0.717, 1.165) is 18.8 Å². The van der Waals surface area contributed by atoms with Crippen molar-refractivity contribution in [1.82, 2.24) is 0 Å². The number of hydrogen-bond acceptors (Lipinski definition) is 1. The van der Waals surface area contributed by atoms with Crippen LogP contribution in [0.4, 0.5) is 0 Å². The number of carbonyl (C=O) groups is 1. The van der Waals surface area contributed by atoms with Crippen molar-refractivity contribution in [3.63, 3.8) is 0 Å². The Morgan fingerprint density at radius 3 is 2.75 bits per heavy atom. The third-order valence-electron chi connectivity index (χ3n) is 2.84. The van der Waals surface area contributed by atoms with Gasteiger partial charge in [-0.1, -0.05) is 26.2 Å². The molecule has 2 heteroatoms. The van der Waals surface area contributed by atoms with Gasteiger partial charge in [0.25, 0.3) is 0 Å². The lowest BCUT2D eigenvalue weighted by molar-refractivity contribution is -0.138. The first-order valence-corrected chi connectivity index (χ1v) is 4.90. The number of rotatable bonds is 2. The van der Waals surface area contributed by atoms with Gasteiger partial charge in [-0.15, -0.1) is 0 Å². The monoisotopic (exact) mass is 170 g/mol. The Bertz CT molecular complexity index is 154. The molecule has 2 atom stereocenters. The van der Waals surface area contributed by atoms with Gasteiger partial charge >= 0.3 is 5.97 Å². The highest BCUT2D eigenvalue weighted by atomic mass is 16.4. The summed E-state index contributed by atoms with van der Waals surface area (Å²) in [5.74, 6) is 0.630. The van der Waals surface area contributed by atoms with E-state index in [9.17, 15) is 4.79 Å². The van der Waals surface area contributed by atoms with Crippen LogP contribution in [-0.2, 0) is 4.79 Å². The van der Waals surface area contributed by atoms with Gasteiger partial charge in [-0.3, -0.25) is 4.79 Å². The lowest BCUT2D eigenvalue weighted by Gasteiger charge is -2.10. The lowest BCUT2D eigenvalue weighted by atomic mass is 9.96. The molecule has 0 radical (unpaired) electrons. The van der Waals surface area contributed by atoms with Crippen LogP contribution in [0.15, 0.2) is 0 Å². The van der Waals surface area contributed by atoms with E-state index in [-0.39, 0.29) is 0 Å². The topological polar surface area (TPSA) is 37.3 Å². The molecule has 1 rings (SSSR count). The van der Waals surface area contributed by atoms with Gasteiger partial charge in [0.2, 0.25) is 0 Å². The molecule has 0 saturated heterocycles. The molecule has 0 aromatic carbocycles. The number of aliphatic carboxylic acids is 1. The maximum atomic E-state index is 10.5. The quantitative estimate of drug-likeness (QED) is 0.647. The third-order valence-corrected chi connectivity index (χ3v) is 2.84. The summed E-state index contributed by atoms with van der Waals surface area (Å²) >= 11 is 0. The molecule has 12 heavy (non-hydrogen) atoms. The second-order valence-corrected chi connectivity index (χ2v) is 4.08. The lowest BCUT2D eigenvalue weighted by Crippen LogP contribution is -2.06. The van der Waals surface area contributed by atoms with Crippen molar-refractivity contribution in [2.24, 2.45) is 11.8 Å². The zero-order valence-electron chi connectivity index (χ0n) is 7.75. The molecule has 2 nitrogen and oxygen atoms in total. The van der Waals surface area contributed by atoms with Gasteiger partial charge in [0, 0.05) is 6.42 Å². The Kier molecular flexibility index (Phi) is 3.57. The van der Waals surface area contributed by atoms with Gasteiger partial charge in [-0.2, -0.15) is 0 Å². The van der Waals surface area contributed by atoms with E-state index in [1.807, 2.05) is 0 Å². The van der Waals surface area contributed by atoms with Crippen molar-refractivity contribution in [3.8, 4) is 0 Å². The summed E-state index contributed by atoms with van der Waals surface area (Å²) in [6.07, 6.45) is 6.35. The molecule has 0 aliphatic heterocycles. The molecular weight excluding hydrogens is 152 g/mol. The molecule has 0 spiro atoms. The molecule has 1 aliphatic carbocycles. The van der Waals surface area contributed by atoms with Crippen LogP contribution < -0.4 is 0 Å². The molecular formula is C10H18O2. The smallest absolute Gasteiger partial charge is 0.303 e. The summed E-state index contributed by atoms with van der Waals surface area (Å²) in [7, 11) is 0. The molecule has 0 bridgehead atoms. The summed E-state index contributed by atoms with van der Waals surface area (Å²) < 4.78 is 0. The largest absolute Gasteiger partial charge is 0.481 e. The predicted octanol–water partition coefficient (Wildman–Crippen LogP) is 2.68. The summed E-state index contributed by atoms with van der Waals surface area (Å²) in [6.45, 7) is 2.27. The van der Waals surface area contributed by atoms with Crippen molar-refractivity contribution < 1.29 is 9.90 Å². The van der Waals surface area contributed by atoms with Crippen molar-refractivity contribution in [1.29, 1.82) is 0 Å². The van der Waals surface area contributed by atoms with Crippen LogP contribution in [0, 0.1) is 11.8 Å². The van der Waals surface area contributed by atoms with Crippen molar-refractivity contribution in [2.45, 2.75) is 45.4 Å². The third kappa shape index (κ3) is 3.24. The minimum atomic E-state index is -0.630. The van der Waals surface area contributed by atoms with Gasteiger partial charge < -0.3 is 5.11 Å². The van der Waals surface area contributed by atoms with Crippen molar-refractivity contribution in [3.05, 3.63) is 0 Å². The van der Waals surface area contributed by atoms with Crippen LogP contribution in [0.5, 0.6) is 0 Å². The van der Waals surface area contributed by atoms with E-state index in [4.69, 9.17) is 5.11 Å². The average Bonchev–Trinajstić information content (AvgIpc) is 2.15. The molecule has 0 aromatic rings. The molecule has 70 valence electrons. The van der Waals surface area contributed by atoms with Gasteiger partial charge in [-0.25, -0.2) is 0 Å². The SMILES string of the molecule is C[C@@H]1CCCC(CC(=O)O)CC1. The average molecular weight is 170 g/mol. The number of carboxylic acids is 1. The highest BCUT2D eigenvalue weighted by Gasteiger charge is 2.18. The first-order chi connectivity index (χ1) is 5.68. The summed E-state index contributed by atoms with van der Waals surface area (Å²) in [4.78, 5) is 10.5. The van der Waals surface area contributed by atoms with Gasteiger partial charge in [-0.05, 0) is 24.7 Å². The number of hydrogen-bond donors (Lipinski definition) is 1. The Balaban J connectivity index is 2.30. The fourth-order valence-electron chi connectivity index (χ4n) is 2.01. The predicted molar refractivity (Wildman–Crippen MR) is 48.0 cm³/mol. The summed E-state index contributed by atoms with van der Waals surface area (Å²) in [5, 5.41) is 8.62. The van der Waals surface area contributed by atoms with E-state index in [0.29, 0.717) is 12.3 Å². The van der Waals surface area contributed by atoms with Crippen molar-refractivity contribution >= 4 is 5.97 Å². The van der Waals surface area contributed by atoms with E-state index < -0.39 is 5.97 Å². The minimum absolute atomic E-state index is 0.382. The molecule has 1 fully saturated rings. The molecule has 1 saturated carbocycles. The normalized spacial score (nSPS) is 31.1. The van der Waals surface area contributed by atoms with Gasteiger partial charge in [0.05, 0.1) is 0 Å².